The number of hydrogen-bond donors (Lipinski definition) is 1. The van der Waals surface area contributed by atoms with Crippen LogP contribution in [0.4, 0.5) is 0 Å². The maximum absolute atomic E-state index is 12.3. The van der Waals surface area contributed by atoms with Gasteiger partial charge in [0.2, 0.25) is 10.9 Å². The van der Waals surface area contributed by atoms with Gasteiger partial charge in [-0.1, -0.05) is 6.92 Å². The van der Waals surface area contributed by atoms with Crippen LogP contribution in [0.15, 0.2) is 58.4 Å². The van der Waals surface area contributed by atoms with Crippen LogP contribution in [0.1, 0.15) is 24.7 Å². The number of nitrogens with zero attached hydrogens (tertiary/aromatic N) is 1. The number of rotatable bonds is 11. The van der Waals surface area contributed by atoms with Crippen molar-refractivity contribution in [2.45, 2.75) is 33.4 Å². The van der Waals surface area contributed by atoms with Gasteiger partial charge in [-0.05, 0) is 37.6 Å². The average Bonchev–Trinajstić information content (AvgIpc) is 2.80. The van der Waals surface area contributed by atoms with Crippen molar-refractivity contribution in [3.63, 3.8) is 0 Å². The minimum absolute atomic E-state index is 0.0612. The van der Waals surface area contributed by atoms with Gasteiger partial charge in [0.25, 0.3) is 0 Å². The van der Waals surface area contributed by atoms with E-state index in [2.05, 4.69) is 4.98 Å². The Morgan fingerprint density at radius 3 is 2.38 bits per heavy atom. The average molecular weight is 440 g/mol. The predicted octanol–water partition coefficient (Wildman–Crippen LogP) is 3.30. The fourth-order valence-electron chi connectivity index (χ4n) is 3.06. The number of benzene rings is 1. The number of methoxy groups -OCH3 is 1. The van der Waals surface area contributed by atoms with Crippen molar-refractivity contribution in [1.29, 1.82) is 0 Å². The summed E-state index contributed by atoms with van der Waals surface area (Å²) in [5.41, 5.74) is 0.783. The van der Waals surface area contributed by atoms with E-state index in [1.54, 1.807) is 13.3 Å². The van der Waals surface area contributed by atoms with Crippen LogP contribution in [0, 0.1) is 6.92 Å². The fourth-order valence-corrected chi connectivity index (χ4v) is 3.06. The third-order valence-corrected chi connectivity index (χ3v) is 4.82. The number of pyridine rings is 2. The van der Waals surface area contributed by atoms with Gasteiger partial charge < -0.3 is 28.5 Å². The molecule has 1 N–H and O–H groups in total. The molecule has 0 aliphatic heterocycles. The molecule has 3 rings (SSSR count). The SMILES string of the molecule is CCCOc1c[nH]c(COc2c(C)n(CCOc3ccc(OC)cc3)ccc2=O)cc1=O. The lowest BCUT2D eigenvalue weighted by atomic mass is 10.3. The molecule has 0 aliphatic carbocycles. The molecular weight excluding hydrogens is 412 g/mol. The summed E-state index contributed by atoms with van der Waals surface area (Å²) in [4.78, 5) is 27.4. The molecule has 170 valence electrons. The Bertz CT molecular complexity index is 1130. The first kappa shape index (κ1) is 23.0. The molecule has 0 spiro atoms. The van der Waals surface area contributed by atoms with E-state index in [9.17, 15) is 9.59 Å². The van der Waals surface area contributed by atoms with Crippen molar-refractivity contribution in [2.75, 3.05) is 20.3 Å². The van der Waals surface area contributed by atoms with E-state index in [0.717, 1.165) is 17.9 Å². The van der Waals surface area contributed by atoms with E-state index >= 15 is 0 Å². The number of nitrogens with one attached hydrogen (secondary N) is 1. The zero-order valence-corrected chi connectivity index (χ0v) is 18.6. The van der Waals surface area contributed by atoms with Crippen molar-refractivity contribution in [3.8, 4) is 23.0 Å². The predicted molar refractivity (Wildman–Crippen MR) is 121 cm³/mol. The summed E-state index contributed by atoms with van der Waals surface area (Å²) in [7, 11) is 1.61. The van der Waals surface area contributed by atoms with Crippen LogP contribution in [0.25, 0.3) is 0 Å². The lowest BCUT2D eigenvalue weighted by Crippen LogP contribution is -2.18. The molecular formula is C24H28N2O6. The standard InChI is InChI=1S/C24H28N2O6/c1-4-12-31-23-15-25-18(14-22(23)28)16-32-24-17(2)26(10-9-21(24)27)11-13-30-20-7-5-19(29-3)6-8-20/h5-10,14-15H,4,11-13,16H2,1-3H3,(H,25,28). The molecule has 1 aromatic carbocycles. The third-order valence-electron chi connectivity index (χ3n) is 4.82. The Hall–Kier alpha value is -3.68. The molecule has 8 nitrogen and oxygen atoms in total. The van der Waals surface area contributed by atoms with E-state index in [4.69, 9.17) is 18.9 Å². The van der Waals surface area contributed by atoms with Gasteiger partial charge >= 0.3 is 0 Å². The quantitative estimate of drug-likeness (QED) is 0.492. The molecule has 0 aliphatic rings. The van der Waals surface area contributed by atoms with Gasteiger partial charge in [-0.15, -0.1) is 0 Å². The minimum atomic E-state index is -0.228. The van der Waals surface area contributed by atoms with Crippen LogP contribution in [-0.4, -0.2) is 29.9 Å². The molecule has 0 radical (unpaired) electrons. The molecule has 0 saturated carbocycles. The summed E-state index contributed by atoms with van der Waals surface area (Å²) < 4.78 is 23.9. The van der Waals surface area contributed by atoms with E-state index in [0.29, 0.717) is 31.1 Å². The highest BCUT2D eigenvalue weighted by atomic mass is 16.5. The Morgan fingerprint density at radius 2 is 1.69 bits per heavy atom. The molecule has 0 saturated heterocycles. The Kier molecular flexibility index (Phi) is 7.96. The van der Waals surface area contributed by atoms with Crippen molar-refractivity contribution in [1.82, 2.24) is 9.55 Å². The second-order valence-corrected chi connectivity index (χ2v) is 7.14. The number of ether oxygens (including phenoxy) is 4. The summed E-state index contributed by atoms with van der Waals surface area (Å²) in [5, 5.41) is 0. The Morgan fingerprint density at radius 1 is 0.938 bits per heavy atom. The molecule has 0 fully saturated rings. The summed E-state index contributed by atoms with van der Waals surface area (Å²) in [6, 6.07) is 10.2. The van der Waals surface area contributed by atoms with Crippen molar-refractivity contribution >= 4 is 0 Å². The van der Waals surface area contributed by atoms with Crippen molar-refractivity contribution in [3.05, 3.63) is 80.6 Å². The first-order chi connectivity index (χ1) is 15.5. The van der Waals surface area contributed by atoms with E-state index in [-0.39, 0.29) is 29.0 Å². The number of aromatic nitrogens is 2. The first-order valence-corrected chi connectivity index (χ1v) is 10.5. The van der Waals surface area contributed by atoms with E-state index in [1.807, 2.05) is 42.7 Å². The van der Waals surface area contributed by atoms with Gasteiger partial charge in [-0.3, -0.25) is 9.59 Å². The maximum atomic E-state index is 12.3. The number of hydrogen-bond acceptors (Lipinski definition) is 6. The summed E-state index contributed by atoms with van der Waals surface area (Å²) in [5.74, 6) is 2.01. The molecule has 32 heavy (non-hydrogen) atoms. The zero-order chi connectivity index (χ0) is 22.9. The molecule has 8 heteroatoms. The van der Waals surface area contributed by atoms with Crippen LogP contribution in [0.2, 0.25) is 0 Å². The zero-order valence-electron chi connectivity index (χ0n) is 18.6. The summed E-state index contributed by atoms with van der Waals surface area (Å²) in [6.07, 6.45) is 4.04. The van der Waals surface area contributed by atoms with Crippen LogP contribution < -0.4 is 29.8 Å². The van der Waals surface area contributed by atoms with Gasteiger partial charge in [0.1, 0.15) is 24.7 Å². The van der Waals surface area contributed by atoms with Crippen LogP contribution in [-0.2, 0) is 13.2 Å². The summed E-state index contributed by atoms with van der Waals surface area (Å²) >= 11 is 0. The lowest BCUT2D eigenvalue weighted by Gasteiger charge is -2.15. The Labute approximate surface area is 186 Å². The molecule has 2 aromatic heterocycles. The first-order valence-electron chi connectivity index (χ1n) is 10.5. The number of H-pyrrole nitrogens is 1. The van der Waals surface area contributed by atoms with Gasteiger partial charge in [0, 0.05) is 24.5 Å². The minimum Gasteiger partial charge on any atom is -0.497 e. The highest BCUT2D eigenvalue weighted by molar-refractivity contribution is 5.31. The second-order valence-electron chi connectivity index (χ2n) is 7.14. The highest BCUT2D eigenvalue weighted by Gasteiger charge is 2.10. The molecule has 2 heterocycles. The third kappa shape index (κ3) is 5.94. The molecule has 0 atom stereocenters. The topological polar surface area (TPSA) is 91.8 Å². The monoisotopic (exact) mass is 440 g/mol. The molecule has 3 aromatic rings. The summed E-state index contributed by atoms with van der Waals surface area (Å²) in [6.45, 7) is 5.28. The van der Waals surface area contributed by atoms with Gasteiger partial charge in [-0.2, -0.15) is 0 Å². The normalized spacial score (nSPS) is 10.6. The van der Waals surface area contributed by atoms with E-state index in [1.165, 1.54) is 18.3 Å². The van der Waals surface area contributed by atoms with Crippen LogP contribution in [0.3, 0.4) is 0 Å². The Balaban J connectivity index is 1.62. The van der Waals surface area contributed by atoms with Crippen molar-refractivity contribution in [2.24, 2.45) is 0 Å². The lowest BCUT2D eigenvalue weighted by molar-refractivity contribution is 0.279. The molecule has 0 bridgehead atoms. The molecule has 0 unspecified atom stereocenters. The van der Waals surface area contributed by atoms with Gasteiger partial charge in [0.15, 0.2) is 11.5 Å². The van der Waals surface area contributed by atoms with Gasteiger partial charge in [0.05, 0.1) is 31.6 Å². The smallest absolute Gasteiger partial charge is 0.223 e. The second kappa shape index (κ2) is 11.1. The largest absolute Gasteiger partial charge is 0.497 e. The fraction of sp³-hybridized carbons (Fsp3) is 0.333. The number of aromatic amines is 1. The maximum Gasteiger partial charge on any atom is 0.223 e. The van der Waals surface area contributed by atoms with Gasteiger partial charge in [-0.25, -0.2) is 0 Å². The highest BCUT2D eigenvalue weighted by Crippen LogP contribution is 2.18. The van der Waals surface area contributed by atoms with E-state index < -0.39 is 0 Å². The van der Waals surface area contributed by atoms with Crippen LogP contribution in [0.5, 0.6) is 23.0 Å². The van der Waals surface area contributed by atoms with Crippen molar-refractivity contribution < 1.29 is 18.9 Å². The van der Waals surface area contributed by atoms with Crippen LogP contribution >= 0.6 is 0 Å². The molecule has 0 amide bonds.